The Morgan fingerprint density at radius 3 is 1.13 bits per heavy atom. The molecule has 1 aromatic carbocycles. The molecule has 0 radical (unpaired) electrons. The van der Waals surface area contributed by atoms with Crippen molar-refractivity contribution in [3.05, 3.63) is 34.3 Å². The van der Waals surface area contributed by atoms with Crippen molar-refractivity contribution in [2.45, 2.75) is 0 Å². The molecule has 0 bridgehead atoms. The van der Waals surface area contributed by atoms with Crippen molar-refractivity contribution in [3.8, 4) is 0 Å². The minimum Gasteiger partial charge on any atom is -0.759 e. The molecule has 0 atom stereocenters. The van der Waals surface area contributed by atoms with Gasteiger partial charge in [-0.15, -0.1) is 0 Å². The van der Waals surface area contributed by atoms with Gasteiger partial charge in [0.1, 0.15) is 0 Å². The standard InChI is InChI=1S/C6H4Cl2.2K.H2O4S/c7-5-1-2-6(8)4-3-5;;;1-5(2,3)4/h1-4H;;;(H2,1,2,3,4)/q;2*+1;/p-2. The van der Waals surface area contributed by atoms with Crippen LogP contribution >= 0.6 is 23.2 Å². The van der Waals surface area contributed by atoms with E-state index in [0.717, 1.165) is 10.0 Å². The van der Waals surface area contributed by atoms with Crippen LogP contribution in [-0.4, -0.2) is 17.5 Å². The van der Waals surface area contributed by atoms with E-state index in [-0.39, 0.29) is 103 Å². The van der Waals surface area contributed by atoms with E-state index in [0.29, 0.717) is 0 Å². The summed E-state index contributed by atoms with van der Waals surface area (Å²) in [6, 6.07) is 7.02. The topological polar surface area (TPSA) is 80.3 Å². The number of hydrogen-bond donors (Lipinski definition) is 0. The van der Waals surface area contributed by atoms with Gasteiger partial charge in [-0.2, -0.15) is 0 Å². The minimum atomic E-state index is -5.17. The summed E-state index contributed by atoms with van der Waals surface area (Å²) in [6.07, 6.45) is 0. The van der Waals surface area contributed by atoms with Crippen molar-refractivity contribution in [2.24, 2.45) is 0 Å². The van der Waals surface area contributed by atoms with E-state index in [1.165, 1.54) is 0 Å². The summed E-state index contributed by atoms with van der Waals surface area (Å²) in [5.74, 6) is 0. The van der Waals surface area contributed by atoms with Crippen LogP contribution in [0.15, 0.2) is 24.3 Å². The molecule has 0 aromatic heterocycles. The van der Waals surface area contributed by atoms with E-state index in [4.69, 9.17) is 40.7 Å². The second-order valence-electron chi connectivity index (χ2n) is 1.84. The quantitative estimate of drug-likeness (QED) is 0.275. The van der Waals surface area contributed by atoms with Crippen LogP contribution in [0.25, 0.3) is 0 Å². The number of halogens is 2. The fourth-order valence-corrected chi connectivity index (χ4v) is 0.682. The average molecular weight is 321 g/mol. The summed E-state index contributed by atoms with van der Waals surface area (Å²) in [6.45, 7) is 0. The van der Waals surface area contributed by atoms with Crippen molar-refractivity contribution in [2.75, 3.05) is 0 Å². The normalized spacial score (nSPS) is 8.80. The second kappa shape index (κ2) is 12.0. The zero-order valence-electron chi connectivity index (χ0n) is 8.11. The van der Waals surface area contributed by atoms with Crippen LogP contribution in [0.2, 0.25) is 10.0 Å². The van der Waals surface area contributed by atoms with Gasteiger partial charge in [-0.3, -0.25) is 8.42 Å². The van der Waals surface area contributed by atoms with Crippen molar-refractivity contribution >= 4 is 33.6 Å². The van der Waals surface area contributed by atoms with Crippen LogP contribution in [0.4, 0.5) is 0 Å². The molecule has 0 heterocycles. The van der Waals surface area contributed by atoms with E-state index >= 15 is 0 Å². The fourth-order valence-electron chi connectivity index (χ4n) is 0.430. The molecule has 74 valence electrons. The monoisotopic (exact) mass is 320 g/mol. The summed E-state index contributed by atoms with van der Waals surface area (Å²) >= 11 is 11.1. The first-order valence-electron chi connectivity index (χ1n) is 2.87. The Morgan fingerprint density at radius 1 is 0.867 bits per heavy atom. The minimum absolute atomic E-state index is 0. The summed E-state index contributed by atoms with van der Waals surface area (Å²) in [7, 11) is -5.17. The largest absolute Gasteiger partial charge is 1.00 e. The van der Waals surface area contributed by atoms with Gasteiger partial charge < -0.3 is 9.11 Å². The molecule has 0 aliphatic carbocycles. The molecule has 4 nitrogen and oxygen atoms in total. The number of hydrogen-bond acceptors (Lipinski definition) is 4. The Labute approximate surface area is 184 Å². The maximum Gasteiger partial charge on any atom is 1.00 e. The van der Waals surface area contributed by atoms with Crippen molar-refractivity contribution in [3.63, 3.8) is 0 Å². The predicted molar refractivity (Wildman–Crippen MR) is 46.9 cm³/mol. The Balaban J connectivity index is -0.000000185. The Kier molecular flexibility index (Phi) is 18.5. The molecule has 9 heteroatoms. The van der Waals surface area contributed by atoms with Crippen LogP contribution < -0.4 is 103 Å². The van der Waals surface area contributed by atoms with Crippen LogP contribution in [0, 0.1) is 0 Å². The molecule has 0 aliphatic rings. The number of rotatable bonds is 0. The molecule has 0 aliphatic heterocycles. The van der Waals surface area contributed by atoms with Gasteiger partial charge in [0, 0.05) is 20.4 Å². The fraction of sp³-hybridized carbons (Fsp3) is 0. The summed E-state index contributed by atoms with van der Waals surface area (Å²) in [5, 5.41) is 1.43. The maximum absolute atomic E-state index is 8.52. The SMILES string of the molecule is Clc1ccc(Cl)cc1.O=S(=O)([O-])[O-].[K+].[K+]. The van der Waals surface area contributed by atoms with Crippen LogP contribution in [-0.2, 0) is 10.4 Å². The van der Waals surface area contributed by atoms with E-state index in [1.54, 1.807) is 24.3 Å². The first-order chi connectivity index (χ1) is 5.79. The molecule has 1 rings (SSSR count). The molecule has 15 heavy (non-hydrogen) atoms. The zero-order chi connectivity index (χ0) is 10.5. The van der Waals surface area contributed by atoms with Crippen molar-refractivity contribution < 1.29 is 120 Å². The molecule has 0 fully saturated rings. The Hall–Kier alpha value is 2.94. The first kappa shape index (κ1) is 23.1. The molecule has 0 amide bonds. The Morgan fingerprint density at radius 2 is 1.00 bits per heavy atom. The molecule has 0 N–H and O–H groups in total. The van der Waals surface area contributed by atoms with Gasteiger partial charge in [0.2, 0.25) is 0 Å². The third kappa shape index (κ3) is 22.6. The van der Waals surface area contributed by atoms with E-state index in [9.17, 15) is 0 Å². The third-order valence-corrected chi connectivity index (χ3v) is 1.31. The molecular weight excluding hydrogens is 317 g/mol. The van der Waals surface area contributed by atoms with Gasteiger partial charge in [0.15, 0.2) is 0 Å². The average Bonchev–Trinajstić information content (AvgIpc) is 1.92. The zero-order valence-corrected chi connectivity index (χ0v) is 16.7. The van der Waals surface area contributed by atoms with E-state index < -0.39 is 10.4 Å². The maximum atomic E-state index is 8.52. The summed E-state index contributed by atoms with van der Waals surface area (Å²) < 4.78 is 34.1. The van der Waals surface area contributed by atoms with Gasteiger partial charge in [0.25, 0.3) is 0 Å². The van der Waals surface area contributed by atoms with Crippen LogP contribution in [0.1, 0.15) is 0 Å². The Bertz CT molecular complexity index is 325. The third-order valence-electron chi connectivity index (χ3n) is 0.804. The molecule has 0 spiro atoms. The van der Waals surface area contributed by atoms with Gasteiger partial charge in [0.05, 0.1) is 0 Å². The van der Waals surface area contributed by atoms with E-state index in [1.807, 2.05) is 0 Å². The van der Waals surface area contributed by atoms with Crippen molar-refractivity contribution in [1.29, 1.82) is 0 Å². The smallest absolute Gasteiger partial charge is 0.759 e. The molecule has 1 aromatic rings. The molecule has 0 saturated carbocycles. The van der Waals surface area contributed by atoms with Gasteiger partial charge in [-0.05, 0) is 24.3 Å². The van der Waals surface area contributed by atoms with Gasteiger partial charge in [-0.25, -0.2) is 0 Å². The van der Waals surface area contributed by atoms with Crippen LogP contribution in [0.5, 0.6) is 0 Å². The van der Waals surface area contributed by atoms with Gasteiger partial charge in [-0.1, -0.05) is 23.2 Å². The van der Waals surface area contributed by atoms with E-state index in [2.05, 4.69) is 0 Å². The van der Waals surface area contributed by atoms with Crippen molar-refractivity contribution in [1.82, 2.24) is 0 Å². The second-order valence-corrected chi connectivity index (χ2v) is 3.53. The molecule has 0 saturated heterocycles. The molecule has 0 unspecified atom stereocenters. The molecular formula is C6H4Cl2K2O4S. The number of benzene rings is 1. The predicted octanol–water partition coefficient (Wildman–Crippen LogP) is -4.34. The van der Waals surface area contributed by atoms with Gasteiger partial charge >= 0.3 is 103 Å². The first-order valence-corrected chi connectivity index (χ1v) is 4.96. The summed E-state index contributed by atoms with van der Waals surface area (Å²) in [4.78, 5) is 0. The van der Waals surface area contributed by atoms with Crippen LogP contribution in [0.3, 0.4) is 0 Å². The summed E-state index contributed by atoms with van der Waals surface area (Å²) in [5.41, 5.74) is 0.